The summed E-state index contributed by atoms with van der Waals surface area (Å²) in [5.41, 5.74) is 0. The molecule has 1 aliphatic rings. The third-order valence-electron chi connectivity index (χ3n) is 0.806. The van der Waals surface area contributed by atoms with Crippen LogP contribution in [-0.2, 0) is 4.79 Å². The van der Waals surface area contributed by atoms with E-state index in [1.54, 1.807) is 0 Å². The number of hydrogen-bond acceptors (Lipinski definition) is 1. The summed E-state index contributed by atoms with van der Waals surface area (Å²) in [5.74, 6) is 0. The Bertz CT molecular complexity index is 129. The Hall–Kier alpha value is -0.700. The van der Waals surface area contributed by atoms with E-state index in [9.17, 15) is 4.79 Å². The predicted molar refractivity (Wildman–Crippen MR) is 36.5 cm³/mol. The molecule has 0 aromatic carbocycles. The van der Waals surface area contributed by atoms with E-state index in [0.29, 0.717) is 0 Å². The number of carbonyl (C=O) groups is 1. The van der Waals surface area contributed by atoms with Gasteiger partial charge in [0.25, 0.3) is 0 Å². The molecule has 8 heavy (non-hydrogen) atoms. The summed E-state index contributed by atoms with van der Waals surface area (Å²) in [7, 11) is 0. The predicted octanol–water partition coefficient (Wildman–Crippen LogP) is 0.690. The highest BCUT2D eigenvalue weighted by Gasteiger charge is 1.92. The van der Waals surface area contributed by atoms with Crippen molar-refractivity contribution in [3.05, 3.63) is 23.0 Å². The van der Waals surface area contributed by atoms with E-state index in [-0.39, 0.29) is 0 Å². The van der Waals surface area contributed by atoms with Gasteiger partial charge >= 0.3 is 0 Å². The third kappa shape index (κ3) is 1.13. The van der Waals surface area contributed by atoms with Crippen LogP contribution in [0, 0.1) is 0 Å². The lowest BCUT2D eigenvalue weighted by molar-refractivity contribution is -0.107. The zero-order valence-corrected chi connectivity index (χ0v) is 5.14. The minimum atomic E-state index is -0.424. The van der Waals surface area contributed by atoms with Crippen LogP contribution in [0.25, 0.3) is 0 Å². The van der Waals surface area contributed by atoms with Gasteiger partial charge in [0.1, 0.15) is 0 Å². The molecule has 3 heteroatoms. The molecule has 0 saturated carbocycles. The van der Waals surface area contributed by atoms with E-state index >= 15 is 0 Å². The monoisotopic (exact) mass is 129 g/mol. The zero-order valence-electron chi connectivity index (χ0n) is 4.24. The summed E-state index contributed by atoms with van der Waals surface area (Å²) >= 11 is -0.424. The van der Waals surface area contributed by atoms with Crippen LogP contribution in [0.3, 0.4) is 0 Å². The van der Waals surface area contributed by atoms with Crippen molar-refractivity contribution >= 4 is 17.5 Å². The molecule has 0 saturated heterocycles. The van der Waals surface area contributed by atoms with Crippen LogP contribution in [0.1, 0.15) is 0 Å². The lowest BCUT2D eigenvalue weighted by atomic mass is 10.6. The molecule has 44 valence electrons. The van der Waals surface area contributed by atoms with Crippen LogP contribution < -0.4 is 4.72 Å². The van der Waals surface area contributed by atoms with Gasteiger partial charge in [0, 0.05) is 0 Å². The molecule has 1 N–H and O–H groups in total. The van der Waals surface area contributed by atoms with Crippen molar-refractivity contribution in [2.24, 2.45) is 0 Å². The second-order valence-electron chi connectivity index (χ2n) is 1.34. The molecule has 1 aliphatic heterocycles. The van der Waals surface area contributed by atoms with E-state index in [2.05, 4.69) is 4.72 Å². The second kappa shape index (κ2) is 2.57. The van der Waals surface area contributed by atoms with E-state index in [4.69, 9.17) is 0 Å². The van der Waals surface area contributed by atoms with E-state index < -0.39 is 11.1 Å². The number of thiol groups is 1. The summed E-state index contributed by atoms with van der Waals surface area (Å²) in [5, 5.41) is 3.95. The average Bonchev–Trinajstić information content (AvgIpc) is 2.19. The molecular weight excluding hydrogens is 122 g/mol. The Balaban J connectivity index is 2.37. The van der Waals surface area contributed by atoms with Crippen LogP contribution in [0.5, 0.6) is 0 Å². The van der Waals surface area contributed by atoms with Crippen molar-refractivity contribution < 1.29 is 4.79 Å². The van der Waals surface area contributed by atoms with Gasteiger partial charge in [-0.3, -0.25) is 4.79 Å². The lowest BCUT2D eigenvalue weighted by Gasteiger charge is -2.04. The Morgan fingerprint density at radius 1 is 1.38 bits per heavy atom. The minimum Gasteiger partial charge on any atom is -0.316 e. The van der Waals surface area contributed by atoms with Crippen LogP contribution in [0.15, 0.2) is 23.0 Å². The molecule has 0 atom stereocenters. The Labute approximate surface area is 50.8 Å². The molecule has 0 aromatic rings. The smallest absolute Gasteiger partial charge is 0.216 e. The van der Waals surface area contributed by atoms with Crippen molar-refractivity contribution in [3.63, 3.8) is 0 Å². The Kier molecular flexibility index (Phi) is 1.75. The molecule has 0 fully saturated rings. The molecule has 0 aliphatic carbocycles. The third-order valence-corrected chi connectivity index (χ3v) is 2.20. The molecule has 1 heterocycles. The van der Waals surface area contributed by atoms with Crippen LogP contribution in [0.4, 0.5) is 0 Å². The maximum Gasteiger partial charge on any atom is 0.216 e. The molecule has 1 rings (SSSR count). The summed E-state index contributed by atoms with van der Waals surface area (Å²) < 4.78 is 2.66. The SMILES string of the molecule is O=CN[SH]1C=CC=C1. The summed E-state index contributed by atoms with van der Waals surface area (Å²) in [4.78, 5) is 9.80. The van der Waals surface area contributed by atoms with Gasteiger partial charge in [-0.25, -0.2) is 0 Å². The normalized spacial score (nSPS) is 19.2. The number of nitrogens with one attached hydrogen (secondary N) is 1. The fourth-order valence-corrected chi connectivity index (χ4v) is 1.44. The van der Waals surface area contributed by atoms with Crippen LogP contribution in [-0.4, -0.2) is 6.41 Å². The molecule has 0 radical (unpaired) electrons. The van der Waals surface area contributed by atoms with Gasteiger partial charge in [-0.05, 0) is 10.8 Å². The molecule has 0 spiro atoms. The number of allylic oxidation sites excluding steroid dienone is 2. The van der Waals surface area contributed by atoms with Gasteiger partial charge < -0.3 is 4.72 Å². The van der Waals surface area contributed by atoms with Crippen molar-refractivity contribution in [2.45, 2.75) is 0 Å². The fraction of sp³-hybridized carbons (Fsp3) is 0. The van der Waals surface area contributed by atoms with Gasteiger partial charge in [-0.2, -0.15) is 0 Å². The van der Waals surface area contributed by atoms with Crippen molar-refractivity contribution in [1.82, 2.24) is 4.72 Å². The van der Waals surface area contributed by atoms with Crippen molar-refractivity contribution in [2.75, 3.05) is 0 Å². The highest BCUT2D eigenvalue weighted by Crippen LogP contribution is 2.26. The number of rotatable bonds is 2. The number of hydrogen-bond donors (Lipinski definition) is 2. The highest BCUT2D eigenvalue weighted by atomic mass is 32.2. The van der Waals surface area contributed by atoms with E-state index in [0.717, 1.165) is 6.41 Å². The second-order valence-corrected chi connectivity index (χ2v) is 3.01. The molecule has 1 amide bonds. The summed E-state index contributed by atoms with van der Waals surface area (Å²) in [6.07, 6.45) is 4.59. The molecule has 0 unspecified atom stereocenters. The standard InChI is InChI=1S/C5H7NOS/c7-5-6-8-3-1-2-4-8/h1-5,8H,(H,6,7). The topological polar surface area (TPSA) is 29.1 Å². The Morgan fingerprint density at radius 3 is 2.50 bits per heavy atom. The summed E-state index contributed by atoms with van der Waals surface area (Å²) in [6, 6.07) is 0. The quantitative estimate of drug-likeness (QED) is 0.417. The summed E-state index contributed by atoms with van der Waals surface area (Å²) in [6.45, 7) is 0. The first-order valence-electron chi connectivity index (χ1n) is 2.26. The average molecular weight is 129 g/mol. The first-order chi connectivity index (χ1) is 3.93. The van der Waals surface area contributed by atoms with Crippen molar-refractivity contribution in [1.29, 1.82) is 0 Å². The molecule has 2 nitrogen and oxygen atoms in total. The van der Waals surface area contributed by atoms with Gasteiger partial charge in [0.15, 0.2) is 0 Å². The van der Waals surface area contributed by atoms with Crippen LogP contribution in [0.2, 0.25) is 0 Å². The molecular formula is C5H7NOS. The van der Waals surface area contributed by atoms with Gasteiger partial charge in [0.05, 0.1) is 0 Å². The van der Waals surface area contributed by atoms with Gasteiger partial charge in [0.2, 0.25) is 6.41 Å². The van der Waals surface area contributed by atoms with E-state index in [1.807, 2.05) is 23.0 Å². The minimum absolute atomic E-state index is 0.424. The maximum atomic E-state index is 9.80. The maximum absolute atomic E-state index is 9.80. The lowest BCUT2D eigenvalue weighted by Crippen LogP contribution is -2.00. The number of amides is 1. The first-order valence-corrected chi connectivity index (χ1v) is 3.74. The van der Waals surface area contributed by atoms with Crippen LogP contribution >= 0.6 is 11.1 Å². The first kappa shape index (κ1) is 5.44. The van der Waals surface area contributed by atoms with Crippen molar-refractivity contribution in [3.8, 4) is 0 Å². The van der Waals surface area contributed by atoms with Gasteiger partial charge in [-0.15, -0.1) is 11.1 Å². The number of carbonyl (C=O) groups excluding carboxylic acids is 1. The largest absolute Gasteiger partial charge is 0.316 e. The Morgan fingerprint density at radius 2 is 2.00 bits per heavy atom. The fourth-order valence-electron chi connectivity index (χ4n) is 0.481. The van der Waals surface area contributed by atoms with Gasteiger partial charge in [-0.1, -0.05) is 12.2 Å². The molecule has 0 aromatic heterocycles. The molecule has 0 bridgehead atoms. The highest BCUT2D eigenvalue weighted by molar-refractivity contribution is 8.21. The van der Waals surface area contributed by atoms with E-state index in [1.165, 1.54) is 0 Å². The zero-order chi connectivity index (χ0) is 5.82.